The lowest BCUT2D eigenvalue weighted by Crippen LogP contribution is -2.45. The van der Waals surface area contributed by atoms with Crippen molar-refractivity contribution in [3.63, 3.8) is 0 Å². The van der Waals surface area contributed by atoms with Gasteiger partial charge in [-0.05, 0) is 70.8 Å². The van der Waals surface area contributed by atoms with Gasteiger partial charge in [-0.1, -0.05) is 161 Å². The molecule has 0 spiro atoms. The lowest BCUT2D eigenvalue weighted by molar-refractivity contribution is -0.147. The minimum absolute atomic E-state index is 0.318. The minimum Gasteiger partial charge on any atom is -0.377 e. The van der Waals surface area contributed by atoms with E-state index in [4.69, 9.17) is 19.9 Å². The van der Waals surface area contributed by atoms with Crippen molar-refractivity contribution in [2.45, 2.75) is 213 Å². The number of nitrogens with one attached hydrogen (secondary N) is 1. The van der Waals surface area contributed by atoms with Gasteiger partial charge in [-0.15, -0.1) is 0 Å². The normalized spacial score (nSPS) is 13.2. The molecule has 0 heterocycles. The summed E-state index contributed by atoms with van der Waals surface area (Å²) in [6.45, 7) is 10.3. The van der Waals surface area contributed by atoms with Gasteiger partial charge in [-0.2, -0.15) is 0 Å². The van der Waals surface area contributed by atoms with E-state index in [1.165, 1.54) is 154 Å². The Morgan fingerprint density at radius 1 is 0.520 bits per heavy atom. The highest BCUT2D eigenvalue weighted by atomic mass is 16.6. The van der Waals surface area contributed by atoms with Crippen molar-refractivity contribution >= 4 is 5.91 Å². The summed E-state index contributed by atoms with van der Waals surface area (Å²) in [5, 5.41) is 3.27. The second-order valence-corrected chi connectivity index (χ2v) is 14.4. The lowest BCUT2D eigenvalue weighted by Gasteiger charge is -2.25. The molecule has 0 saturated carbocycles. The molecule has 296 valence electrons. The number of hydrogen-bond acceptors (Lipinski definition) is 5. The fraction of sp³-hybridized carbons (Fsp3) is 0.886. The zero-order chi connectivity index (χ0) is 36.4. The van der Waals surface area contributed by atoms with Crippen LogP contribution in [0.4, 0.5) is 0 Å². The number of unbranched alkanes of at least 4 members (excludes halogenated alkanes) is 24. The number of primary amides is 1. The van der Waals surface area contributed by atoms with Gasteiger partial charge in [-0.25, -0.2) is 0 Å². The minimum atomic E-state index is -0.772. The Kier molecular flexibility index (Phi) is 41.2. The van der Waals surface area contributed by atoms with Crippen LogP contribution in [0.15, 0.2) is 24.3 Å². The second-order valence-electron chi connectivity index (χ2n) is 14.4. The van der Waals surface area contributed by atoms with Crippen molar-refractivity contribution in [3.05, 3.63) is 24.3 Å². The number of hydrogen-bond donors (Lipinski definition) is 2. The maximum absolute atomic E-state index is 12.4. The van der Waals surface area contributed by atoms with Gasteiger partial charge in [0.05, 0.1) is 13.2 Å². The Morgan fingerprint density at radius 3 is 1.30 bits per heavy atom. The summed E-state index contributed by atoms with van der Waals surface area (Å²) in [4.78, 5) is 12.4. The second kappa shape index (κ2) is 42.2. The molecule has 0 saturated heterocycles. The van der Waals surface area contributed by atoms with E-state index >= 15 is 0 Å². The van der Waals surface area contributed by atoms with E-state index in [9.17, 15) is 4.79 Å². The molecule has 0 radical (unpaired) electrons. The number of allylic oxidation sites excluding steroid dienone is 4. The summed E-state index contributed by atoms with van der Waals surface area (Å²) < 4.78 is 18.1. The van der Waals surface area contributed by atoms with Gasteiger partial charge in [0.15, 0.2) is 6.10 Å². The third kappa shape index (κ3) is 36.6. The SMILES string of the molecule is CCCCCCCC/C=C\CCCCCCCCOC(COCCNCC)C(OCCCCCCCC/C=C\CCCCCCCC)C(N)=O. The Morgan fingerprint density at radius 2 is 0.900 bits per heavy atom. The fourth-order valence-electron chi connectivity index (χ4n) is 6.26. The number of rotatable bonds is 42. The maximum atomic E-state index is 12.4. The largest absolute Gasteiger partial charge is 0.377 e. The Bertz CT molecular complexity index is 729. The van der Waals surface area contributed by atoms with Crippen molar-refractivity contribution in [1.82, 2.24) is 5.32 Å². The molecule has 0 rings (SSSR count). The van der Waals surface area contributed by atoms with Crippen molar-refractivity contribution in [1.29, 1.82) is 0 Å². The Balaban J connectivity index is 4.10. The van der Waals surface area contributed by atoms with Crippen LogP contribution in [0.2, 0.25) is 0 Å². The van der Waals surface area contributed by atoms with Gasteiger partial charge in [0.2, 0.25) is 5.91 Å². The van der Waals surface area contributed by atoms with Crippen LogP contribution in [0.3, 0.4) is 0 Å². The van der Waals surface area contributed by atoms with Crippen LogP contribution in [0.25, 0.3) is 0 Å². The van der Waals surface area contributed by atoms with E-state index in [-0.39, 0.29) is 0 Å². The van der Waals surface area contributed by atoms with Crippen molar-refractivity contribution < 1.29 is 19.0 Å². The highest BCUT2D eigenvalue weighted by Gasteiger charge is 2.28. The van der Waals surface area contributed by atoms with E-state index in [0.29, 0.717) is 26.4 Å². The van der Waals surface area contributed by atoms with Gasteiger partial charge in [0, 0.05) is 19.8 Å². The molecule has 0 aliphatic carbocycles. The number of likely N-dealkylation sites (N-methyl/N-ethyl adjacent to an activating group) is 1. The quantitative estimate of drug-likeness (QED) is 0.0488. The van der Waals surface area contributed by atoms with Crippen molar-refractivity contribution in [2.24, 2.45) is 5.73 Å². The van der Waals surface area contributed by atoms with Crippen LogP contribution in [-0.2, 0) is 19.0 Å². The average molecular weight is 707 g/mol. The van der Waals surface area contributed by atoms with Gasteiger partial charge in [-0.3, -0.25) is 4.79 Å². The van der Waals surface area contributed by atoms with Crippen LogP contribution < -0.4 is 11.1 Å². The molecule has 6 nitrogen and oxygen atoms in total. The molecule has 0 fully saturated rings. The standard InChI is InChI=1S/C44H86N2O4/c1-4-7-9-11-13-15-17-19-21-23-25-27-29-31-33-35-38-49-42(41-48-40-37-46-6-3)43(44(45)47)50-39-36-34-32-30-28-26-24-22-20-18-16-14-12-10-8-5-2/h19-22,42-43,46H,4-18,23-41H2,1-3H3,(H2,45,47)/b21-19-,22-20-. The first-order valence-corrected chi connectivity index (χ1v) is 21.8. The van der Waals surface area contributed by atoms with Gasteiger partial charge in [0.25, 0.3) is 0 Å². The summed E-state index contributed by atoms with van der Waals surface area (Å²) in [6, 6.07) is 0. The monoisotopic (exact) mass is 707 g/mol. The molecule has 2 unspecified atom stereocenters. The lowest BCUT2D eigenvalue weighted by atomic mass is 10.1. The average Bonchev–Trinajstić information content (AvgIpc) is 3.11. The number of ether oxygens (including phenoxy) is 3. The summed E-state index contributed by atoms with van der Waals surface area (Å²) >= 11 is 0. The van der Waals surface area contributed by atoms with E-state index in [1.54, 1.807) is 0 Å². The molecular weight excluding hydrogens is 620 g/mol. The molecule has 0 aromatic rings. The molecule has 0 aliphatic rings. The first kappa shape index (κ1) is 48.8. The Hall–Kier alpha value is -1.21. The van der Waals surface area contributed by atoms with Gasteiger partial charge in [0.1, 0.15) is 6.10 Å². The molecular formula is C44H86N2O4. The number of nitrogens with two attached hydrogens (primary N) is 1. The molecule has 50 heavy (non-hydrogen) atoms. The third-order valence-electron chi connectivity index (χ3n) is 9.52. The van der Waals surface area contributed by atoms with Gasteiger partial charge >= 0.3 is 0 Å². The molecule has 0 aromatic carbocycles. The number of amides is 1. The molecule has 6 heteroatoms. The topological polar surface area (TPSA) is 82.8 Å². The smallest absolute Gasteiger partial charge is 0.249 e. The number of carbonyl (C=O) groups excluding carboxylic acids is 1. The summed E-state index contributed by atoms with van der Waals surface area (Å²) in [5.74, 6) is -0.462. The zero-order valence-corrected chi connectivity index (χ0v) is 33.7. The molecule has 0 bridgehead atoms. The van der Waals surface area contributed by atoms with E-state index < -0.39 is 18.1 Å². The zero-order valence-electron chi connectivity index (χ0n) is 33.7. The molecule has 0 aliphatic heterocycles. The third-order valence-corrected chi connectivity index (χ3v) is 9.52. The van der Waals surface area contributed by atoms with E-state index in [0.717, 1.165) is 38.8 Å². The fourth-order valence-corrected chi connectivity index (χ4v) is 6.26. The molecule has 1 amide bonds. The van der Waals surface area contributed by atoms with Crippen LogP contribution >= 0.6 is 0 Å². The van der Waals surface area contributed by atoms with E-state index in [2.05, 4.69) is 50.4 Å². The Labute approximate surface area is 311 Å². The molecule has 0 aromatic heterocycles. The van der Waals surface area contributed by atoms with Gasteiger partial charge < -0.3 is 25.3 Å². The van der Waals surface area contributed by atoms with E-state index in [1.807, 2.05) is 0 Å². The highest BCUT2D eigenvalue weighted by Crippen LogP contribution is 2.14. The predicted octanol–water partition coefficient (Wildman–Crippen LogP) is 11.9. The van der Waals surface area contributed by atoms with Crippen molar-refractivity contribution in [2.75, 3.05) is 39.5 Å². The maximum Gasteiger partial charge on any atom is 0.249 e. The first-order valence-electron chi connectivity index (χ1n) is 21.8. The highest BCUT2D eigenvalue weighted by molar-refractivity contribution is 5.79. The van der Waals surface area contributed by atoms with Crippen LogP contribution in [0.5, 0.6) is 0 Å². The molecule has 2 atom stereocenters. The summed E-state index contributed by atoms with van der Waals surface area (Å²) in [7, 11) is 0. The molecule has 3 N–H and O–H groups in total. The number of carbonyl (C=O) groups is 1. The summed E-state index contributed by atoms with van der Waals surface area (Å²) in [5.41, 5.74) is 5.81. The summed E-state index contributed by atoms with van der Waals surface area (Å²) in [6.07, 6.45) is 43.9. The van der Waals surface area contributed by atoms with Crippen molar-refractivity contribution in [3.8, 4) is 0 Å². The predicted molar refractivity (Wildman–Crippen MR) is 217 cm³/mol. The van der Waals surface area contributed by atoms with Crippen LogP contribution in [0, 0.1) is 0 Å². The van der Waals surface area contributed by atoms with Crippen LogP contribution in [-0.4, -0.2) is 57.6 Å². The van der Waals surface area contributed by atoms with Crippen LogP contribution in [0.1, 0.15) is 201 Å². The first-order chi connectivity index (χ1) is 24.7.